The average Bonchev–Trinajstić information content (AvgIpc) is 2.32. The normalized spacial score (nSPS) is 10.5. The molecule has 0 fully saturated rings. The molecule has 0 bridgehead atoms. The van der Waals surface area contributed by atoms with E-state index in [0.29, 0.717) is 17.5 Å². The van der Waals surface area contributed by atoms with Crippen LogP contribution in [0.25, 0.3) is 0 Å². The number of nitrogens with two attached hydrogens (primary N) is 1. The van der Waals surface area contributed by atoms with Crippen molar-refractivity contribution in [2.75, 3.05) is 11.1 Å². The number of nitrogen functional groups attached to an aromatic ring is 1. The molecule has 0 spiro atoms. The number of rotatable bonds is 4. The Morgan fingerprint density at radius 2 is 2.05 bits per heavy atom. The molecule has 0 aliphatic heterocycles. The van der Waals surface area contributed by atoms with Crippen molar-refractivity contribution in [2.24, 2.45) is 0 Å². The molecule has 1 aromatic heterocycles. The molecule has 3 N–H and O–H groups in total. The maximum Gasteiger partial charge on any atom is 0.136 e. The SMILES string of the molecule is CCCc1nc(N)cc(Nc2ccc(F)cc2C)n1. The van der Waals surface area contributed by atoms with E-state index >= 15 is 0 Å². The van der Waals surface area contributed by atoms with Crippen molar-refractivity contribution < 1.29 is 4.39 Å². The maximum atomic E-state index is 13.0. The molecule has 2 aromatic rings. The molecule has 5 heteroatoms. The number of anilines is 3. The van der Waals surface area contributed by atoms with Gasteiger partial charge in [-0.1, -0.05) is 6.92 Å². The minimum atomic E-state index is -0.253. The van der Waals surface area contributed by atoms with Crippen LogP contribution in [0.15, 0.2) is 24.3 Å². The summed E-state index contributed by atoms with van der Waals surface area (Å²) in [6, 6.07) is 6.23. The van der Waals surface area contributed by atoms with E-state index in [0.717, 1.165) is 24.1 Å². The Morgan fingerprint density at radius 3 is 2.74 bits per heavy atom. The predicted molar refractivity (Wildman–Crippen MR) is 74.9 cm³/mol. The topological polar surface area (TPSA) is 63.8 Å². The number of hydrogen-bond donors (Lipinski definition) is 2. The molecule has 4 nitrogen and oxygen atoms in total. The average molecular weight is 260 g/mol. The summed E-state index contributed by atoms with van der Waals surface area (Å²) in [4.78, 5) is 8.55. The number of benzene rings is 1. The monoisotopic (exact) mass is 260 g/mol. The second kappa shape index (κ2) is 5.65. The van der Waals surface area contributed by atoms with Crippen LogP contribution in [0.4, 0.5) is 21.7 Å². The molecule has 0 amide bonds. The van der Waals surface area contributed by atoms with Gasteiger partial charge in [0.1, 0.15) is 23.3 Å². The zero-order chi connectivity index (χ0) is 13.8. The van der Waals surface area contributed by atoms with Gasteiger partial charge in [0, 0.05) is 18.2 Å². The van der Waals surface area contributed by atoms with E-state index in [9.17, 15) is 4.39 Å². The Bertz CT molecular complexity index is 584. The van der Waals surface area contributed by atoms with Crippen LogP contribution in [0.3, 0.4) is 0 Å². The van der Waals surface area contributed by atoms with E-state index in [1.54, 1.807) is 12.1 Å². The third-order valence-electron chi connectivity index (χ3n) is 2.72. The van der Waals surface area contributed by atoms with E-state index in [1.807, 2.05) is 6.92 Å². The fourth-order valence-electron chi connectivity index (χ4n) is 1.82. The second-order valence-corrected chi connectivity index (χ2v) is 4.43. The van der Waals surface area contributed by atoms with E-state index in [1.165, 1.54) is 12.1 Å². The second-order valence-electron chi connectivity index (χ2n) is 4.43. The maximum absolute atomic E-state index is 13.0. The van der Waals surface area contributed by atoms with Gasteiger partial charge in [0.05, 0.1) is 0 Å². The van der Waals surface area contributed by atoms with E-state index in [2.05, 4.69) is 22.2 Å². The van der Waals surface area contributed by atoms with Gasteiger partial charge >= 0.3 is 0 Å². The summed E-state index contributed by atoms with van der Waals surface area (Å²) in [6.07, 6.45) is 1.74. The lowest BCUT2D eigenvalue weighted by atomic mass is 10.2. The molecule has 0 aliphatic carbocycles. The van der Waals surface area contributed by atoms with Crippen LogP contribution in [0.2, 0.25) is 0 Å². The van der Waals surface area contributed by atoms with Crippen molar-refractivity contribution in [2.45, 2.75) is 26.7 Å². The first-order chi connectivity index (χ1) is 9.08. The quantitative estimate of drug-likeness (QED) is 0.886. The highest BCUT2D eigenvalue weighted by molar-refractivity contribution is 5.61. The molecule has 0 aliphatic rings. The highest BCUT2D eigenvalue weighted by Crippen LogP contribution is 2.21. The summed E-state index contributed by atoms with van der Waals surface area (Å²) in [7, 11) is 0. The standard InChI is InChI=1S/C14H17FN4/c1-3-4-13-18-12(16)8-14(19-13)17-11-6-5-10(15)7-9(11)2/h5-8H,3-4H2,1-2H3,(H3,16,17,18,19). The van der Waals surface area contributed by atoms with Crippen LogP contribution < -0.4 is 11.1 Å². The van der Waals surface area contributed by atoms with Crippen LogP contribution >= 0.6 is 0 Å². The zero-order valence-corrected chi connectivity index (χ0v) is 11.1. The Hall–Kier alpha value is -2.17. The smallest absolute Gasteiger partial charge is 0.136 e. The molecule has 0 unspecified atom stereocenters. The minimum absolute atomic E-state index is 0.253. The molecular weight excluding hydrogens is 243 g/mol. The van der Waals surface area contributed by atoms with Crippen LogP contribution in [0.1, 0.15) is 24.7 Å². The van der Waals surface area contributed by atoms with Crippen molar-refractivity contribution in [1.82, 2.24) is 9.97 Å². The van der Waals surface area contributed by atoms with E-state index < -0.39 is 0 Å². The summed E-state index contributed by atoms with van der Waals surface area (Å²) in [5, 5.41) is 3.14. The molecule has 0 atom stereocenters. The molecule has 1 aromatic carbocycles. The Balaban J connectivity index is 2.27. The first-order valence-electron chi connectivity index (χ1n) is 6.25. The lowest BCUT2D eigenvalue weighted by molar-refractivity contribution is 0.627. The Morgan fingerprint density at radius 1 is 1.26 bits per heavy atom. The number of nitrogens with zero attached hydrogens (tertiary/aromatic N) is 2. The summed E-state index contributed by atoms with van der Waals surface area (Å²) < 4.78 is 13.0. The van der Waals surface area contributed by atoms with Gasteiger partial charge in [-0.25, -0.2) is 14.4 Å². The third kappa shape index (κ3) is 3.40. The molecule has 0 saturated heterocycles. The van der Waals surface area contributed by atoms with Gasteiger partial charge in [0.15, 0.2) is 0 Å². The molecule has 1 heterocycles. The molecule has 0 radical (unpaired) electrons. The molecule has 2 rings (SSSR count). The van der Waals surface area contributed by atoms with Gasteiger partial charge in [-0.05, 0) is 37.1 Å². The molecular formula is C14H17FN4. The fourth-order valence-corrected chi connectivity index (χ4v) is 1.82. The first-order valence-corrected chi connectivity index (χ1v) is 6.25. The van der Waals surface area contributed by atoms with Gasteiger partial charge in [-0.15, -0.1) is 0 Å². The van der Waals surface area contributed by atoms with Crippen molar-refractivity contribution in [3.63, 3.8) is 0 Å². The fraction of sp³-hybridized carbons (Fsp3) is 0.286. The van der Waals surface area contributed by atoms with E-state index in [-0.39, 0.29) is 5.82 Å². The van der Waals surface area contributed by atoms with Gasteiger partial charge in [0.25, 0.3) is 0 Å². The van der Waals surface area contributed by atoms with Gasteiger partial charge in [0.2, 0.25) is 0 Å². The summed E-state index contributed by atoms with van der Waals surface area (Å²) in [5.74, 6) is 1.52. The summed E-state index contributed by atoms with van der Waals surface area (Å²) in [5.41, 5.74) is 7.38. The molecule has 0 saturated carbocycles. The first kappa shape index (κ1) is 13.3. The largest absolute Gasteiger partial charge is 0.384 e. The third-order valence-corrected chi connectivity index (χ3v) is 2.72. The molecule has 100 valence electrons. The number of hydrogen-bond acceptors (Lipinski definition) is 4. The predicted octanol–water partition coefficient (Wildman–Crippen LogP) is 3.20. The van der Waals surface area contributed by atoms with Crippen LogP contribution in [0, 0.1) is 12.7 Å². The Labute approximate surface area is 111 Å². The van der Waals surface area contributed by atoms with Crippen molar-refractivity contribution in [3.05, 3.63) is 41.5 Å². The highest BCUT2D eigenvalue weighted by atomic mass is 19.1. The number of aryl methyl sites for hydroxylation is 2. The Kier molecular flexibility index (Phi) is 3.94. The van der Waals surface area contributed by atoms with Gasteiger partial charge in [-0.3, -0.25) is 0 Å². The summed E-state index contributed by atoms with van der Waals surface area (Å²) >= 11 is 0. The number of halogens is 1. The number of nitrogens with one attached hydrogen (secondary N) is 1. The lowest BCUT2D eigenvalue weighted by Gasteiger charge is -2.10. The van der Waals surface area contributed by atoms with Crippen LogP contribution in [-0.4, -0.2) is 9.97 Å². The number of aromatic nitrogens is 2. The summed E-state index contributed by atoms with van der Waals surface area (Å²) in [6.45, 7) is 3.90. The molecule has 19 heavy (non-hydrogen) atoms. The van der Waals surface area contributed by atoms with Crippen molar-refractivity contribution in [3.8, 4) is 0 Å². The van der Waals surface area contributed by atoms with Crippen LogP contribution in [-0.2, 0) is 6.42 Å². The van der Waals surface area contributed by atoms with E-state index in [4.69, 9.17) is 5.73 Å². The zero-order valence-electron chi connectivity index (χ0n) is 11.1. The van der Waals surface area contributed by atoms with Crippen molar-refractivity contribution >= 4 is 17.3 Å². The minimum Gasteiger partial charge on any atom is -0.384 e. The van der Waals surface area contributed by atoms with Crippen molar-refractivity contribution in [1.29, 1.82) is 0 Å². The highest BCUT2D eigenvalue weighted by Gasteiger charge is 2.05. The van der Waals surface area contributed by atoms with Crippen LogP contribution in [0.5, 0.6) is 0 Å². The van der Waals surface area contributed by atoms with Gasteiger partial charge < -0.3 is 11.1 Å². The lowest BCUT2D eigenvalue weighted by Crippen LogP contribution is -2.04. The van der Waals surface area contributed by atoms with Gasteiger partial charge in [-0.2, -0.15) is 0 Å².